The van der Waals surface area contributed by atoms with E-state index in [9.17, 15) is 8.42 Å². The standard InChI is InChI=1S/C14H19N3O2S/c15-7-5-6-13-10-14(12-16-11-13)20(18,19)17-8-3-1-2-4-9-17/h10-12H,1-4,7-9,15H2. The van der Waals surface area contributed by atoms with E-state index in [0.717, 1.165) is 25.7 Å². The molecule has 0 atom stereocenters. The molecule has 0 aromatic carbocycles. The van der Waals surface area contributed by atoms with Gasteiger partial charge in [0.1, 0.15) is 4.90 Å². The van der Waals surface area contributed by atoms with E-state index < -0.39 is 10.0 Å². The van der Waals surface area contributed by atoms with Gasteiger partial charge in [-0.3, -0.25) is 4.98 Å². The van der Waals surface area contributed by atoms with Crippen LogP contribution in [-0.4, -0.2) is 37.3 Å². The van der Waals surface area contributed by atoms with Crippen molar-refractivity contribution in [2.75, 3.05) is 19.6 Å². The molecule has 1 aliphatic heterocycles. The van der Waals surface area contributed by atoms with E-state index in [0.29, 0.717) is 18.7 Å². The maximum absolute atomic E-state index is 12.6. The molecule has 0 unspecified atom stereocenters. The Morgan fingerprint density at radius 1 is 1.20 bits per heavy atom. The number of sulfonamides is 1. The monoisotopic (exact) mass is 293 g/mol. The Morgan fingerprint density at radius 3 is 2.55 bits per heavy atom. The first kappa shape index (κ1) is 15.0. The fraction of sp³-hybridized carbons (Fsp3) is 0.500. The minimum Gasteiger partial charge on any atom is -0.320 e. The molecule has 20 heavy (non-hydrogen) atoms. The number of rotatable bonds is 2. The van der Waals surface area contributed by atoms with Crippen LogP contribution in [0.3, 0.4) is 0 Å². The second-order valence-corrected chi connectivity index (χ2v) is 6.67. The van der Waals surface area contributed by atoms with E-state index in [4.69, 9.17) is 5.73 Å². The zero-order valence-corrected chi connectivity index (χ0v) is 12.2. The lowest BCUT2D eigenvalue weighted by atomic mass is 10.2. The molecule has 1 aromatic rings. The first-order valence-corrected chi connectivity index (χ1v) is 8.23. The summed E-state index contributed by atoms with van der Waals surface area (Å²) in [6, 6.07) is 1.57. The Morgan fingerprint density at radius 2 is 1.90 bits per heavy atom. The van der Waals surface area contributed by atoms with Gasteiger partial charge in [0.15, 0.2) is 0 Å². The third-order valence-corrected chi connectivity index (χ3v) is 5.11. The van der Waals surface area contributed by atoms with E-state index >= 15 is 0 Å². The fourth-order valence-electron chi connectivity index (χ4n) is 2.21. The Kier molecular flexibility index (Phi) is 5.12. The van der Waals surface area contributed by atoms with E-state index in [-0.39, 0.29) is 11.4 Å². The van der Waals surface area contributed by atoms with Crippen LogP contribution in [0.5, 0.6) is 0 Å². The van der Waals surface area contributed by atoms with E-state index in [2.05, 4.69) is 16.8 Å². The molecule has 0 radical (unpaired) electrons. The van der Waals surface area contributed by atoms with Gasteiger partial charge in [0.25, 0.3) is 0 Å². The maximum Gasteiger partial charge on any atom is 0.244 e. The molecule has 2 heterocycles. The van der Waals surface area contributed by atoms with Crippen molar-refractivity contribution in [2.24, 2.45) is 5.73 Å². The van der Waals surface area contributed by atoms with Gasteiger partial charge < -0.3 is 5.73 Å². The molecule has 1 saturated heterocycles. The van der Waals surface area contributed by atoms with Crippen molar-refractivity contribution in [1.29, 1.82) is 0 Å². The highest BCUT2D eigenvalue weighted by atomic mass is 32.2. The molecule has 1 aliphatic rings. The van der Waals surface area contributed by atoms with Gasteiger partial charge in [0, 0.05) is 31.0 Å². The van der Waals surface area contributed by atoms with Gasteiger partial charge in [-0.25, -0.2) is 8.42 Å². The summed E-state index contributed by atoms with van der Waals surface area (Å²) in [5.74, 6) is 5.51. The summed E-state index contributed by atoms with van der Waals surface area (Å²) in [5, 5.41) is 0. The third-order valence-electron chi connectivity index (χ3n) is 3.25. The largest absolute Gasteiger partial charge is 0.320 e. The van der Waals surface area contributed by atoms with Gasteiger partial charge in [-0.15, -0.1) is 0 Å². The first-order chi connectivity index (χ1) is 9.64. The maximum atomic E-state index is 12.6. The zero-order valence-electron chi connectivity index (χ0n) is 11.4. The molecule has 1 aromatic heterocycles. The predicted octanol–water partition coefficient (Wildman–Crippen LogP) is 0.956. The lowest BCUT2D eigenvalue weighted by Gasteiger charge is -2.19. The normalized spacial score (nSPS) is 17.1. The molecule has 0 spiro atoms. The van der Waals surface area contributed by atoms with Gasteiger partial charge in [-0.1, -0.05) is 24.7 Å². The Bertz CT molecular complexity index is 609. The lowest BCUT2D eigenvalue weighted by molar-refractivity contribution is 0.423. The molecule has 5 nitrogen and oxygen atoms in total. The topological polar surface area (TPSA) is 76.3 Å². The number of pyridine rings is 1. The van der Waals surface area contributed by atoms with Gasteiger partial charge in [0.2, 0.25) is 10.0 Å². The zero-order chi connectivity index (χ0) is 14.4. The minimum absolute atomic E-state index is 0.211. The Labute approximate surface area is 120 Å². The molecule has 2 rings (SSSR count). The summed E-state index contributed by atoms with van der Waals surface area (Å²) in [6.07, 6.45) is 6.94. The fourth-order valence-corrected chi connectivity index (χ4v) is 3.72. The van der Waals surface area contributed by atoms with Gasteiger partial charge in [-0.05, 0) is 18.9 Å². The summed E-state index contributed by atoms with van der Waals surface area (Å²) < 4.78 is 26.7. The summed E-state index contributed by atoms with van der Waals surface area (Å²) >= 11 is 0. The van der Waals surface area contributed by atoms with Crippen molar-refractivity contribution in [3.8, 4) is 11.8 Å². The molecular weight excluding hydrogens is 274 g/mol. The first-order valence-electron chi connectivity index (χ1n) is 6.79. The van der Waals surface area contributed by atoms with Crippen LogP contribution in [0.2, 0.25) is 0 Å². The number of hydrogen-bond donors (Lipinski definition) is 1. The molecule has 1 fully saturated rings. The smallest absolute Gasteiger partial charge is 0.244 e. The summed E-state index contributed by atoms with van der Waals surface area (Å²) in [7, 11) is -3.46. The summed E-state index contributed by atoms with van der Waals surface area (Å²) in [5.41, 5.74) is 5.89. The molecule has 108 valence electrons. The molecule has 6 heteroatoms. The number of nitrogens with zero attached hydrogens (tertiary/aromatic N) is 2. The summed E-state index contributed by atoms with van der Waals surface area (Å²) in [4.78, 5) is 4.18. The highest BCUT2D eigenvalue weighted by molar-refractivity contribution is 7.89. The molecule has 0 bridgehead atoms. The molecule has 0 saturated carbocycles. The second kappa shape index (κ2) is 6.84. The lowest BCUT2D eigenvalue weighted by Crippen LogP contribution is -2.32. The number of aromatic nitrogens is 1. The summed E-state index contributed by atoms with van der Waals surface area (Å²) in [6.45, 7) is 1.41. The molecular formula is C14H19N3O2S. The van der Waals surface area contributed by atoms with Crippen molar-refractivity contribution in [3.05, 3.63) is 24.0 Å². The van der Waals surface area contributed by atoms with Crippen molar-refractivity contribution < 1.29 is 8.42 Å². The van der Waals surface area contributed by atoms with Gasteiger partial charge in [-0.2, -0.15) is 4.31 Å². The SMILES string of the molecule is NCC#Cc1cncc(S(=O)(=O)N2CCCCCC2)c1. The van der Waals surface area contributed by atoms with Crippen LogP contribution in [0.15, 0.2) is 23.4 Å². The van der Waals surface area contributed by atoms with Crippen molar-refractivity contribution in [2.45, 2.75) is 30.6 Å². The van der Waals surface area contributed by atoms with Crippen molar-refractivity contribution in [1.82, 2.24) is 9.29 Å². The van der Waals surface area contributed by atoms with Crippen LogP contribution < -0.4 is 5.73 Å². The van der Waals surface area contributed by atoms with Crippen LogP contribution in [0.1, 0.15) is 31.2 Å². The minimum atomic E-state index is -3.46. The van der Waals surface area contributed by atoms with Gasteiger partial charge >= 0.3 is 0 Å². The van der Waals surface area contributed by atoms with Crippen molar-refractivity contribution >= 4 is 10.0 Å². The van der Waals surface area contributed by atoms with Crippen molar-refractivity contribution in [3.63, 3.8) is 0 Å². The van der Waals surface area contributed by atoms with E-state index in [1.807, 2.05) is 0 Å². The third kappa shape index (κ3) is 3.57. The van der Waals surface area contributed by atoms with Crippen LogP contribution >= 0.6 is 0 Å². The molecule has 0 aliphatic carbocycles. The molecule has 2 N–H and O–H groups in total. The Hall–Kier alpha value is -1.42. The predicted molar refractivity (Wildman–Crippen MR) is 77.4 cm³/mol. The second-order valence-electron chi connectivity index (χ2n) is 4.73. The van der Waals surface area contributed by atoms with Crippen LogP contribution in [0.4, 0.5) is 0 Å². The molecule has 0 amide bonds. The number of hydrogen-bond acceptors (Lipinski definition) is 4. The van der Waals surface area contributed by atoms with Crippen LogP contribution in [-0.2, 0) is 10.0 Å². The number of nitrogens with two attached hydrogens (primary N) is 1. The average molecular weight is 293 g/mol. The van der Waals surface area contributed by atoms with Gasteiger partial charge in [0.05, 0.1) is 6.54 Å². The van der Waals surface area contributed by atoms with E-state index in [1.165, 1.54) is 6.20 Å². The van der Waals surface area contributed by atoms with Crippen LogP contribution in [0, 0.1) is 11.8 Å². The highest BCUT2D eigenvalue weighted by Gasteiger charge is 2.25. The highest BCUT2D eigenvalue weighted by Crippen LogP contribution is 2.20. The quantitative estimate of drug-likeness (QED) is 0.824. The van der Waals surface area contributed by atoms with E-state index in [1.54, 1.807) is 16.6 Å². The average Bonchev–Trinajstić information content (AvgIpc) is 2.75. The Balaban J connectivity index is 2.28. The van der Waals surface area contributed by atoms with Crippen LogP contribution in [0.25, 0.3) is 0 Å².